The fraction of sp³-hybridized carbons (Fsp3) is 0.321. The summed E-state index contributed by atoms with van der Waals surface area (Å²) in [6, 6.07) is 17.0. The number of carbonyl (C=O) groups excluding carboxylic acids is 1. The number of allylic oxidation sites excluding steroid dienone is 2. The highest BCUT2D eigenvalue weighted by Crippen LogP contribution is 2.47. The zero-order chi connectivity index (χ0) is 24.9. The number of halogens is 1. The number of Topliss-reactive ketones (excluding diaryl/α,β-unsaturated/α-hetero) is 1. The van der Waals surface area contributed by atoms with Crippen molar-refractivity contribution in [2.45, 2.75) is 52.6 Å². The van der Waals surface area contributed by atoms with Gasteiger partial charge in [-0.25, -0.2) is 4.79 Å². The zero-order valence-corrected chi connectivity index (χ0v) is 20.9. The fourth-order valence-electron chi connectivity index (χ4n) is 5.36. The SMILES string of the molecule is CCn1c(=O)c2c(n(Cc3ccccc3)c1=O)NC1=C(C(=O)CC(C)(C)C1)C2c1ccc(Cl)cc1. The molecule has 0 saturated carbocycles. The van der Waals surface area contributed by atoms with Crippen molar-refractivity contribution in [1.82, 2.24) is 9.13 Å². The largest absolute Gasteiger partial charge is 0.344 e. The second kappa shape index (κ2) is 8.68. The molecule has 0 spiro atoms. The van der Waals surface area contributed by atoms with Gasteiger partial charge in [0.2, 0.25) is 0 Å². The first kappa shape index (κ1) is 23.4. The Morgan fingerprint density at radius 2 is 1.66 bits per heavy atom. The maximum absolute atomic E-state index is 13.8. The first-order valence-electron chi connectivity index (χ1n) is 11.9. The molecule has 180 valence electrons. The number of aromatic nitrogens is 2. The minimum atomic E-state index is -0.574. The van der Waals surface area contributed by atoms with E-state index in [1.807, 2.05) is 42.5 Å². The molecule has 0 saturated heterocycles. The van der Waals surface area contributed by atoms with Crippen molar-refractivity contribution in [3.05, 3.63) is 108 Å². The average molecular weight is 490 g/mol. The van der Waals surface area contributed by atoms with E-state index in [1.165, 1.54) is 4.57 Å². The van der Waals surface area contributed by atoms with Crippen LogP contribution < -0.4 is 16.6 Å². The lowest BCUT2D eigenvalue weighted by molar-refractivity contribution is -0.118. The highest BCUT2D eigenvalue weighted by molar-refractivity contribution is 6.30. The molecule has 0 radical (unpaired) electrons. The first-order chi connectivity index (χ1) is 16.7. The third-order valence-electron chi connectivity index (χ3n) is 6.93. The van der Waals surface area contributed by atoms with Gasteiger partial charge in [0.1, 0.15) is 5.82 Å². The molecule has 0 amide bonds. The summed E-state index contributed by atoms with van der Waals surface area (Å²) >= 11 is 6.17. The summed E-state index contributed by atoms with van der Waals surface area (Å²) in [5.41, 5.74) is 2.62. The molecule has 3 aromatic rings. The van der Waals surface area contributed by atoms with Gasteiger partial charge in [-0.15, -0.1) is 0 Å². The first-order valence-corrected chi connectivity index (χ1v) is 12.3. The van der Waals surface area contributed by atoms with E-state index < -0.39 is 5.92 Å². The third kappa shape index (κ3) is 4.06. The van der Waals surface area contributed by atoms with Gasteiger partial charge in [-0.3, -0.25) is 18.7 Å². The molecule has 6 nitrogen and oxygen atoms in total. The lowest BCUT2D eigenvalue weighted by atomic mass is 9.69. The number of nitrogens with zero attached hydrogens (tertiary/aromatic N) is 2. The molecule has 2 heterocycles. The van der Waals surface area contributed by atoms with Crippen LogP contribution in [0.5, 0.6) is 0 Å². The summed E-state index contributed by atoms with van der Waals surface area (Å²) in [4.78, 5) is 40.8. The van der Waals surface area contributed by atoms with Gasteiger partial charge in [-0.05, 0) is 42.0 Å². The molecule has 5 rings (SSSR count). The van der Waals surface area contributed by atoms with E-state index in [1.54, 1.807) is 23.6 Å². The van der Waals surface area contributed by atoms with Crippen LogP contribution in [0.1, 0.15) is 56.2 Å². The summed E-state index contributed by atoms with van der Waals surface area (Å²) in [5, 5.41) is 3.98. The third-order valence-corrected chi connectivity index (χ3v) is 7.18. The molecule has 7 heteroatoms. The van der Waals surface area contributed by atoms with E-state index in [2.05, 4.69) is 19.2 Å². The van der Waals surface area contributed by atoms with Crippen molar-refractivity contribution in [3.63, 3.8) is 0 Å². The van der Waals surface area contributed by atoms with Gasteiger partial charge in [0.25, 0.3) is 5.56 Å². The topological polar surface area (TPSA) is 73.1 Å². The summed E-state index contributed by atoms with van der Waals surface area (Å²) in [5.74, 6) is -0.0783. The number of ketones is 1. The Morgan fingerprint density at radius 1 is 0.971 bits per heavy atom. The molecular weight excluding hydrogens is 462 g/mol. The molecule has 2 aromatic carbocycles. The number of hydrogen-bond donors (Lipinski definition) is 1. The Balaban J connectivity index is 1.82. The summed E-state index contributed by atoms with van der Waals surface area (Å²) in [6.07, 6.45) is 1.05. The smallest absolute Gasteiger partial charge is 0.332 e. The highest BCUT2D eigenvalue weighted by atomic mass is 35.5. The van der Waals surface area contributed by atoms with Crippen LogP contribution in [-0.4, -0.2) is 14.9 Å². The average Bonchev–Trinajstić information content (AvgIpc) is 2.81. The number of hydrogen-bond acceptors (Lipinski definition) is 4. The minimum Gasteiger partial charge on any atom is -0.344 e. The summed E-state index contributed by atoms with van der Waals surface area (Å²) < 4.78 is 2.89. The standard InChI is InChI=1S/C28H28ClN3O3/c1-4-31-26(34)24-22(18-10-12-19(29)13-11-18)23-20(14-28(2,3)15-21(23)33)30-25(24)32(27(31)35)16-17-8-6-5-7-9-17/h5-13,22,30H,4,14-16H2,1-3H3. The number of rotatable bonds is 4. The van der Waals surface area contributed by atoms with E-state index in [0.717, 1.165) is 16.8 Å². The van der Waals surface area contributed by atoms with Crippen molar-refractivity contribution < 1.29 is 4.79 Å². The molecule has 0 fully saturated rings. The lowest BCUT2D eigenvalue weighted by Crippen LogP contribution is -2.46. The predicted octanol–water partition coefficient (Wildman–Crippen LogP) is 4.93. The normalized spacial score (nSPS) is 18.6. The molecule has 1 aliphatic heterocycles. The second-order valence-corrected chi connectivity index (χ2v) is 10.5. The van der Waals surface area contributed by atoms with Gasteiger partial charge >= 0.3 is 5.69 Å². The van der Waals surface area contributed by atoms with Crippen LogP contribution in [0.4, 0.5) is 5.82 Å². The molecule has 1 atom stereocenters. The van der Waals surface area contributed by atoms with Crippen LogP contribution in [-0.2, 0) is 17.9 Å². The molecule has 1 N–H and O–H groups in total. The quantitative estimate of drug-likeness (QED) is 0.563. The van der Waals surface area contributed by atoms with Crippen LogP contribution in [0.25, 0.3) is 0 Å². The number of carbonyl (C=O) groups is 1. The van der Waals surface area contributed by atoms with Gasteiger partial charge in [-0.1, -0.05) is 67.9 Å². The molecule has 1 aliphatic carbocycles. The molecule has 0 bridgehead atoms. The van der Waals surface area contributed by atoms with Crippen LogP contribution in [0.15, 0.2) is 75.5 Å². The maximum Gasteiger partial charge on any atom is 0.332 e. The van der Waals surface area contributed by atoms with Crippen LogP contribution >= 0.6 is 11.6 Å². The van der Waals surface area contributed by atoms with Crippen molar-refractivity contribution in [3.8, 4) is 0 Å². The Kier molecular flexibility index (Phi) is 5.80. The number of fused-ring (bicyclic) bond motifs is 1. The Morgan fingerprint density at radius 3 is 2.31 bits per heavy atom. The lowest BCUT2D eigenvalue weighted by Gasteiger charge is -2.39. The van der Waals surface area contributed by atoms with Gasteiger partial charge in [0, 0.05) is 35.2 Å². The van der Waals surface area contributed by atoms with Crippen molar-refractivity contribution in [2.24, 2.45) is 5.41 Å². The van der Waals surface area contributed by atoms with Gasteiger partial charge in [0.15, 0.2) is 5.78 Å². The number of benzene rings is 2. The summed E-state index contributed by atoms with van der Waals surface area (Å²) in [6.45, 7) is 6.46. The Hall–Kier alpha value is -3.38. The van der Waals surface area contributed by atoms with E-state index in [-0.39, 0.29) is 29.0 Å². The van der Waals surface area contributed by atoms with Crippen molar-refractivity contribution in [1.29, 1.82) is 0 Å². The van der Waals surface area contributed by atoms with Crippen LogP contribution in [0.2, 0.25) is 5.02 Å². The zero-order valence-electron chi connectivity index (χ0n) is 20.1. The Bertz CT molecular complexity index is 1460. The van der Waals surface area contributed by atoms with Crippen LogP contribution in [0.3, 0.4) is 0 Å². The fourth-order valence-corrected chi connectivity index (χ4v) is 5.49. The van der Waals surface area contributed by atoms with Crippen molar-refractivity contribution in [2.75, 3.05) is 5.32 Å². The summed E-state index contributed by atoms with van der Waals surface area (Å²) in [7, 11) is 0. The minimum absolute atomic E-state index is 0.0256. The molecule has 1 aromatic heterocycles. The van der Waals surface area contributed by atoms with E-state index >= 15 is 0 Å². The number of anilines is 1. The highest BCUT2D eigenvalue weighted by Gasteiger charge is 2.43. The molecular formula is C28H28ClN3O3. The number of nitrogens with one attached hydrogen (secondary N) is 1. The van der Waals surface area contributed by atoms with E-state index in [4.69, 9.17) is 11.6 Å². The molecule has 2 aliphatic rings. The molecule has 35 heavy (non-hydrogen) atoms. The van der Waals surface area contributed by atoms with E-state index in [0.29, 0.717) is 41.4 Å². The van der Waals surface area contributed by atoms with Gasteiger partial charge < -0.3 is 5.32 Å². The van der Waals surface area contributed by atoms with Crippen LogP contribution in [0, 0.1) is 5.41 Å². The van der Waals surface area contributed by atoms with E-state index in [9.17, 15) is 14.4 Å². The van der Waals surface area contributed by atoms with Gasteiger partial charge in [-0.2, -0.15) is 0 Å². The Labute approximate surface area is 208 Å². The van der Waals surface area contributed by atoms with Crippen molar-refractivity contribution >= 4 is 23.2 Å². The maximum atomic E-state index is 13.8. The van der Waals surface area contributed by atoms with Gasteiger partial charge in [0.05, 0.1) is 12.1 Å². The second-order valence-electron chi connectivity index (χ2n) is 10.1. The monoisotopic (exact) mass is 489 g/mol. The predicted molar refractivity (Wildman–Crippen MR) is 138 cm³/mol. The molecule has 1 unspecified atom stereocenters.